The van der Waals surface area contributed by atoms with Crippen LogP contribution in [0.4, 0.5) is 11.4 Å². The Morgan fingerprint density at radius 2 is 1.58 bits per heavy atom. The summed E-state index contributed by atoms with van der Waals surface area (Å²) in [4.78, 5) is 30.4. The van der Waals surface area contributed by atoms with Gasteiger partial charge in [0.15, 0.2) is 11.5 Å². The van der Waals surface area contributed by atoms with Crippen LogP contribution in [0.5, 0.6) is 17.2 Å². The summed E-state index contributed by atoms with van der Waals surface area (Å²) < 4.78 is 16.3. The lowest BCUT2D eigenvalue weighted by Gasteiger charge is -2.26. The maximum atomic E-state index is 13.6. The number of benzene rings is 3. The maximum Gasteiger partial charge on any atom is 0.300 e. The monoisotopic (exact) mass is 536 g/mol. The van der Waals surface area contributed by atoms with Crippen LogP contribution in [0.3, 0.4) is 0 Å². The fourth-order valence-electron chi connectivity index (χ4n) is 4.61. The van der Waals surface area contributed by atoms with Gasteiger partial charge in [-0.1, -0.05) is 17.7 Å². The average molecular weight is 537 g/mol. The van der Waals surface area contributed by atoms with E-state index in [0.717, 1.165) is 11.3 Å². The highest BCUT2D eigenvalue weighted by molar-refractivity contribution is 6.51. The van der Waals surface area contributed by atoms with Crippen molar-refractivity contribution in [2.24, 2.45) is 0 Å². The minimum Gasteiger partial charge on any atom is -0.507 e. The fourth-order valence-corrected chi connectivity index (χ4v) is 4.96. The van der Waals surface area contributed by atoms with Crippen LogP contribution < -0.4 is 24.0 Å². The van der Waals surface area contributed by atoms with Crippen LogP contribution in [0.15, 0.2) is 60.2 Å². The molecule has 1 fully saturated rings. The SMILES string of the molecule is COc1ccc(C2/C(=C(\O)c3cc(C)cc(Cl)c3OC)C(=O)C(=O)N2c2ccc(N(C)C)cc2)cc1OC. The highest BCUT2D eigenvalue weighted by Gasteiger charge is 2.47. The van der Waals surface area contributed by atoms with Crippen molar-refractivity contribution in [1.29, 1.82) is 0 Å². The standard InChI is InChI=1S/C29H29ClN2O6/c1-16-13-20(28(38-6)21(30)14-16)26(33)24-25(17-7-12-22(36-4)23(15-17)37-5)32(29(35)27(24)34)19-10-8-18(9-11-19)31(2)3/h7-15,25,33H,1-6H3/b26-24+. The Morgan fingerprint density at radius 1 is 0.921 bits per heavy atom. The van der Waals surface area contributed by atoms with E-state index in [9.17, 15) is 14.7 Å². The molecule has 4 rings (SSSR count). The van der Waals surface area contributed by atoms with Crippen LogP contribution in [-0.4, -0.2) is 52.2 Å². The van der Waals surface area contributed by atoms with E-state index in [1.54, 1.807) is 49.4 Å². The second-order valence-electron chi connectivity index (χ2n) is 9.02. The predicted molar refractivity (Wildman–Crippen MR) is 148 cm³/mol. The number of ketones is 1. The van der Waals surface area contributed by atoms with Crippen molar-refractivity contribution in [1.82, 2.24) is 0 Å². The number of carbonyl (C=O) groups is 2. The van der Waals surface area contributed by atoms with Gasteiger partial charge in [-0.05, 0) is 66.6 Å². The molecule has 0 saturated carbocycles. The molecule has 1 saturated heterocycles. The summed E-state index contributed by atoms with van der Waals surface area (Å²) in [5, 5.41) is 11.9. The summed E-state index contributed by atoms with van der Waals surface area (Å²) in [7, 11) is 8.25. The highest BCUT2D eigenvalue weighted by Crippen LogP contribution is 2.46. The summed E-state index contributed by atoms with van der Waals surface area (Å²) >= 11 is 6.39. The van der Waals surface area contributed by atoms with Crippen molar-refractivity contribution in [3.63, 3.8) is 0 Å². The summed E-state index contributed by atoms with van der Waals surface area (Å²) in [6.07, 6.45) is 0. The number of Topliss-reactive ketones (excluding diaryl/α,β-unsaturated/α-hetero) is 1. The first-order valence-electron chi connectivity index (χ1n) is 11.8. The minimum atomic E-state index is -0.969. The summed E-state index contributed by atoms with van der Waals surface area (Å²) in [6, 6.07) is 14.7. The van der Waals surface area contributed by atoms with E-state index in [1.807, 2.05) is 31.1 Å². The smallest absolute Gasteiger partial charge is 0.300 e. The van der Waals surface area contributed by atoms with Gasteiger partial charge in [0.25, 0.3) is 11.7 Å². The molecule has 0 aromatic heterocycles. The van der Waals surface area contributed by atoms with Gasteiger partial charge in [0.2, 0.25) is 0 Å². The second kappa shape index (κ2) is 10.7. The maximum absolute atomic E-state index is 13.6. The molecule has 1 aliphatic rings. The lowest BCUT2D eigenvalue weighted by atomic mass is 9.94. The zero-order valence-corrected chi connectivity index (χ0v) is 22.8. The number of aliphatic hydroxyl groups is 1. The van der Waals surface area contributed by atoms with Crippen LogP contribution in [-0.2, 0) is 9.59 Å². The number of hydrogen-bond acceptors (Lipinski definition) is 7. The number of anilines is 2. The first-order chi connectivity index (χ1) is 18.1. The van der Waals surface area contributed by atoms with Crippen LogP contribution in [0.25, 0.3) is 5.76 Å². The van der Waals surface area contributed by atoms with Crippen molar-refractivity contribution in [2.45, 2.75) is 13.0 Å². The molecule has 1 atom stereocenters. The average Bonchev–Trinajstić information content (AvgIpc) is 3.17. The summed E-state index contributed by atoms with van der Waals surface area (Å²) in [5.74, 6) is -0.911. The Balaban J connectivity index is 2.00. The van der Waals surface area contributed by atoms with Crippen LogP contribution in [0.1, 0.15) is 22.7 Å². The number of carbonyl (C=O) groups excluding carboxylic acids is 2. The van der Waals surface area contributed by atoms with E-state index in [4.69, 9.17) is 25.8 Å². The van der Waals surface area contributed by atoms with Gasteiger partial charge >= 0.3 is 0 Å². The molecule has 0 radical (unpaired) electrons. The number of hydrogen-bond donors (Lipinski definition) is 1. The normalized spacial score (nSPS) is 16.5. The van der Waals surface area contributed by atoms with Crippen LogP contribution in [0.2, 0.25) is 5.02 Å². The van der Waals surface area contributed by atoms with Gasteiger partial charge in [0, 0.05) is 25.5 Å². The third kappa shape index (κ3) is 4.63. The molecule has 38 heavy (non-hydrogen) atoms. The Morgan fingerprint density at radius 3 is 2.16 bits per heavy atom. The third-order valence-corrected chi connectivity index (χ3v) is 6.74. The van der Waals surface area contributed by atoms with E-state index in [1.165, 1.54) is 26.2 Å². The van der Waals surface area contributed by atoms with Gasteiger partial charge in [0.1, 0.15) is 11.5 Å². The molecule has 1 unspecified atom stereocenters. The molecule has 0 bridgehead atoms. The Hall–Kier alpha value is -4.17. The number of methoxy groups -OCH3 is 3. The summed E-state index contributed by atoms with van der Waals surface area (Å²) in [5.41, 5.74) is 2.81. The molecule has 0 aliphatic carbocycles. The van der Waals surface area contributed by atoms with E-state index in [2.05, 4.69) is 0 Å². The van der Waals surface area contributed by atoms with E-state index in [0.29, 0.717) is 22.7 Å². The Bertz CT molecular complexity index is 1430. The Kier molecular flexibility index (Phi) is 7.55. The number of rotatable bonds is 7. The predicted octanol–water partition coefficient (Wildman–Crippen LogP) is 5.37. The molecule has 1 N–H and O–H groups in total. The van der Waals surface area contributed by atoms with Crippen molar-refractivity contribution in [2.75, 3.05) is 45.2 Å². The largest absolute Gasteiger partial charge is 0.507 e. The Labute approximate surface area is 226 Å². The molecule has 9 heteroatoms. The van der Waals surface area contributed by atoms with Crippen molar-refractivity contribution < 1.29 is 28.9 Å². The van der Waals surface area contributed by atoms with Crippen LogP contribution >= 0.6 is 11.6 Å². The first kappa shape index (κ1) is 26.9. The fraction of sp³-hybridized carbons (Fsp3) is 0.241. The topological polar surface area (TPSA) is 88.5 Å². The van der Waals surface area contributed by atoms with Gasteiger partial charge in [-0.15, -0.1) is 0 Å². The molecular formula is C29H29ClN2O6. The van der Waals surface area contributed by atoms with Crippen LogP contribution in [0, 0.1) is 6.92 Å². The molecule has 3 aromatic rings. The molecule has 198 valence electrons. The first-order valence-corrected chi connectivity index (χ1v) is 12.2. The van der Waals surface area contributed by atoms with Gasteiger partial charge in [-0.3, -0.25) is 14.5 Å². The zero-order chi connectivity index (χ0) is 27.7. The quantitative estimate of drug-likeness (QED) is 0.247. The lowest BCUT2D eigenvalue weighted by molar-refractivity contribution is -0.132. The highest BCUT2D eigenvalue weighted by atomic mass is 35.5. The molecule has 1 amide bonds. The minimum absolute atomic E-state index is 0.0983. The molecular weight excluding hydrogens is 508 g/mol. The molecule has 3 aromatic carbocycles. The van der Waals surface area contributed by atoms with Gasteiger partial charge in [-0.25, -0.2) is 0 Å². The van der Waals surface area contributed by atoms with Crippen molar-refractivity contribution in [3.8, 4) is 17.2 Å². The number of ether oxygens (including phenoxy) is 3. The second-order valence-corrected chi connectivity index (χ2v) is 9.43. The van der Waals surface area contributed by atoms with Gasteiger partial charge in [-0.2, -0.15) is 0 Å². The van der Waals surface area contributed by atoms with Crippen molar-refractivity contribution in [3.05, 3.63) is 81.9 Å². The third-order valence-electron chi connectivity index (χ3n) is 6.46. The number of aryl methyl sites for hydroxylation is 1. The number of nitrogens with zero attached hydrogens (tertiary/aromatic N) is 2. The van der Waals surface area contributed by atoms with E-state index < -0.39 is 23.5 Å². The number of amides is 1. The molecule has 0 spiro atoms. The lowest BCUT2D eigenvalue weighted by Crippen LogP contribution is -2.29. The van der Waals surface area contributed by atoms with E-state index in [-0.39, 0.29) is 21.9 Å². The zero-order valence-electron chi connectivity index (χ0n) is 22.0. The van der Waals surface area contributed by atoms with Crippen molar-refractivity contribution >= 4 is 40.4 Å². The molecule has 8 nitrogen and oxygen atoms in total. The molecule has 1 heterocycles. The van der Waals surface area contributed by atoms with Gasteiger partial charge in [0.05, 0.1) is 43.5 Å². The number of halogens is 1. The van der Waals surface area contributed by atoms with Gasteiger partial charge < -0.3 is 24.2 Å². The number of aliphatic hydroxyl groups excluding tert-OH is 1. The van der Waals surface area contributed by atoms with E-state index >= 15 is 0 Å². The molecule has 1 aliphatic heterocycles. The summed E-state index contributed by atoms with van der Waals surface area (Å²) in [6.45, 7) is 1.80.